The Hall–Kier alpha value is -3.31. The molecule has 2 aromatic carbocycles. The number of urea groups is 1. The molecule has 4 aromatic rings. The highest BCUT2D eigenvalue weighted by molar-refractivity contribution is 9.10. The highest BCUT2D eigenvalue weighted by atomic mass is 79.9. The van der Waals surface area contributed by atoms with Gasteiger partial charge in [-0.25, -0.2) is 9.78 Å². The van der Waals surface area contributed by atoms with E-state index in [1.54, 1.807) is 21.7 Å². The van der Waals surface area contributed by atoms with Crippen LogP contribution in [0.1, 0.15) is 18.4 Å². The molecule has 198 valence electrons. The van der Waals surface area contributed by atoms with Crippen LogP contribution in [0, 0.1) is 5.92 Å². The van der Waals surface area contributed by atoms with Gasteiger partial charge in [0.05, 0.1) is 27.6 Å². The summed E-state index contributed by atoms with van der Waals surface area (Å²) in [5, 5.41) is 10.9. The first-order chi connectivity index (χ1) is 18.2. The summed E-state index contributed by atoms with van der Waals surface area (Å²) in [5.74, 6) is 0.787. The van der Waals surface area contributed by atoms with Crippen LogP contribution in [0.3, 0.4) is 0 Å². The topological polar surface area (TPSA) is 74.6 Å². The van der Waals surface area contributed by atoms with Crippen molar-refractivity contribution >= 4 is 50.7 Å². The summed E-state index contributed by atoms with van der Waals surface area (Å²) in [6, 6.07) is 13.7. The highest BCUT2D eigenvalue weighted by Gasteiger charge is 2.34. The van der Waals surface area contributed by atoms with Crippen molar-refractivity contribution < 1.29 is 18.0 Å². The minimum absolute atomic E-state index is 0.0818. The molecule has 0 saturated carbocycles. The lowest BCUT2D eigenvalue weighted by molar-refractivity contribution is -0.136. The molecule has 12 heteroatoms. The average Bonchev–Trinajstić information content (AvgIpc) is 3.28. The third-order valence-electron chi connectivity index (χ3n) is 6.43. The Labute approximate surface area is 230 Å². The molecule has 1 saturated heterocycles. The number of alkyl halides is 3. The standard InChI is InChI=1S/C26H23BrClF3N6O/c27-19-14-33-37-23(12-22(34-24(19)37)17-7-1-3-9-20(17)28)32-13-16-6-5-11-36(15-16)25(38)35-21-10-4-2-8-18(21)26(29,30)31/h1-4,7-10,12,14,16,32H,5-6,11,13,15H2,(H,35,38). The Morgan fingerprint density at radius 2 is 1.92 bits per heavy atom. The summed E-state index contributed by atoms with van der Waals surface area (Å²) in [4.78, 5) is 19.1. The number of para-hydroxylation sites is 1. The zero-order valence-corrected chi connectivity index (χ0v) is 22.3. The van der Waals surface area contributed by atoms with E-state index in [9.17, 15) is 18.0 Å². The van der Waals surface area contributed by atoms with Crippen LogP contribution >= 0.6 is 27.5 Å². The zero-order valence-electron chi connectivity index (χ0n) is 20.0. The van der Waals surface area contributed by atoms with Crippen molar-refractivity contribution in [2.24, 2.45) is 5.92 Å². The van der Waals surface area contributed by atoms with Gasteiger partial charge in [-0.1, -0.05) is 41.9 Å². The van der Waals surface area contributed by atoms with E-state index in [1.807, 2.05) is 24.3 Å². The number of nitrogens with one attached hydrogen (secondary N) is 2. The third kappa shape index (κ3) is 5.58. The van der Waals surface area contributed by atoms with Gasteiger partial charge in [0.2, 0.25) is 0 Å². The Balaban J connectivity index is 1.30. The Morgan fingerprint density at radius 1 is 1.16 bits per heavy atom. The summed E-state index contributed by atoms with van der Waals surface area (Å²) < 4.78 is 42.4. The van der Waals surface area contributed by atoms with Crippen molar-refractivity contribution in [1.29, 1.82) is 0 Å². The molecule has 0 bridgehead atoms. The molecule has 1 aliphatic heterocycles. The fraction of sp³-hybridized carbons (Fsp3) is 0.269. The number of hydrogen-bond acceptors (Lipinski definition) is 4. The second kappa shape index (κ2) is 10.8. The molecule has 0 aliphatic carbocycles. The quantitative estimate of drug-likeness (QED) is 0.252. The van der Waals surface area contributed by atoms with Gasteiger partial charge in [-0.05, 0) is 52.9 Å². The zero-order chi connectivity index (χ0) is 26.9. The van der Waals surface area contributed by atoms with Crippen molar-refractivity contribution in [2.75, 3.05) is 30.3 Å². The third-order valence-corrected chi connectivity index (χ3v) is 7.32. The van der Waals surface area contributed by atoms with Crippen LogP contribution in [0.4, 0.5) is 29.5 Å². The van der Waals surface area contributed by atoms with Crippen LogP contribution in [-0.4, -0.2) is 45.2 Å². The van der Waals surface area contributed by atoms with Gasteiger partial charge in [-0.3, -0.25) is 0 Å². The van der Waals surface area contributed by atoms with Crippen LogP contribution in [-0.2, 0) is 6.18 Å². The summed E-state index contributed by atoms with van der Waals surface area (Å²) in [5.41, 5.74) is 0.968. The van der Waals surface area contributed by atoms with Crippen LogP contribution < -0.4 is 10.6 Å². The summed E-state index contributed by atoms with van der Waals surface area (Å²) >= 11 is 9.91. The summed E-state index contributed by atoms with van der Waals surface area (Å²) in [6.07, 6.45) is -1.29. The van der Waals surface area contributed by atoms with Crippen LogP contribution in [0.5, 0.6) is 0 Å². The minimum Gasteiger partial charge on any atom is -0.370 e. The maximum absolute atomic E-state index is 13.3. The monoisotopic (exact) mass is 606 g/mol. The van der Waals surface area contributed by atoms with Gasteiger partial charge in [-0.2, -0.15) is 22.8 Å². The first-order valence-electron chi connectivity index (χ1n) is 12.0. The number of nitrogens with zero attached hydrogens (tertiary/aromatic N) is 4. The van der Waals surface area contributed by atoms with E-state index in [0.29, 0.717) is 41.8 Å². The number of carbonyl (C=O) groups is 1. The molecule has 1 unspecified atom stereocenters. The van der Waals surface area contributed by atoms with Gasteiger partial charge < -0.3 is 15.5 Å². The molecule has 1 atom stereocenters. The summed E-state index contributed by atoms with van der Waals surface area (Å²) in [6.45, 7) is 1.40. The first kappa shape index (κ1) is 26.3. The first-order valence-corrected chi connectivity index (χ1v) is 13.1. The van der Waals surface area contributed by atoms with Gasteiger partial charge in [0.25, 0.3) is 0 Å². The normalized spacial score (nSPS) is 16.0. The van der Waals surface area contributed by atoms with Crippen molar-refractivity contribution in [1.82, 2.24) is 19.5 Å². The molecule has 2 N–H and O–H groups in total. The molecule has 0 spiro atoms. The number of fused-ring (bicyclic) bond motifs is 1. The van der Waals surface area contributed by atoms with Crippen molar-refractivity contribution in [3.8, 4) is 11.3 Å². The average molecular weight is 608 g/mol. The number of hydrogen-bond donors (Lipinski definition) is 2. The van der Waals surface area contributed by atoms with Crippen molar-refractivity contribution in [3.05, 3.63) is 75.9 Å². The number of aromatic nitrogens is 3. The minimum atomic E-state index is -4.56. The SMILES string of the molecule is O=C(Nc1ccccc1C(F)(F)F)N1CCCC(CNc2cc(-c3ccccc3Cl)nc3c(Br)cnn23)C1. The lowest BCUT2D eigenvalue weighted by Crippen LogP contribution is -2.44. The lowest BCUT2D eigenvalue weighted by Gasteiger charge is -2.33. The second-order valence-corrected chi connectivity index (χ2v) is 10.3. The molecule has 2 amide bonds. The van der Waals surface area contributed by atoms with E-state index in [1.165, 1.54) is 18.2 Å². The molecule has 3 heterocycles. The molecule has 7 nitrogen and oxygen atoms in total. The number of amides is 2. The Morgan fingerprint density at radius 3 is 2.71 bits per heavy atom. The van der Waals surface area contributed by atoms with E-state index in [4.69, 9.17) is 16.6 Å². The number of carbonyl (C=O) groups excluding carboxylic acids is 1. The number of benzene rings is 2. The van der Waals surface area contributed by atoms with Crippen molar-refractivity contribution in [2.45, 2.75) is 19.0 Å². The Kier molecular flexibility index (Phi) is 7.49. The van der Waals surface area contributed by atoms with Crippen molar-refractivity contribution in [3.63, 3.8) is 0 Å². The van der Waals surface area contributed by atoms with E-state index in [2.05, 4.69) is 31.7 Å². The van der Waals surface area contributed by atoms with Crippen LogP contribution in [0.2, 0.25) is 5.02 Å². The number of rotatable bonds is 5. The highest BCUT2D eigenvalue weighted by Crippen LogP contribution is 2.35. The van der Waals surface area contributed by atoms with Gasteiger partial charge in [0.1, 0.15) is 5.82 Å². The van der Waals surface area contributed by atoms with Crippen LogP contribution in [0.25, 0.3) is 16.9 Å². The molecule has 1 aliphatic rings. The Bertz CT molecular complexity index is 1480. The fourth-order valence-electron chi connectivity index (χ4n) is 4.57. The van der Waals surface area contributed by atoms with E-state index in [-0.39, 0.29) is 11.6 Å². The fourth-order valence-corrected chi connectivity index (χ4v) is 5.15. The van der Waals surface area contributed by atoms with Gasteiger partial charge >= 0.3 is 12.2 Å². The molecule has 1 fully saturated rings. The number of anilines is 2. The van der Waals surface area contributed by atoms with E-state index >= 15 is 0 Å². The lowest BCUT2D eigenvalue weighted by atomic mass is 9.98. The van der Waals surface area contributed by atoms with Gasteiger partial charge in [0, 0.05) is 36.3 Å². The predicted molar refractivity (Wildman–Crippen MR) is 144 cm³/mol. The number of piperidine rings is 1. The van der Waals surface area contributed by atoms with Gasteiger partial charge in [0.15, 0.2) is 5.65 Å². The maximum Gasteiger partial charge on any atom is 0.418 e. The molecule has 5 rings (SSSR count). The largest absolute Gasteiger partial charge is 0.418 e. The summed E-state index contributed by atoms with van der Waals surface area (Å²) in [7, 11) is 0. The number of likely N-dealkylation sites (tertiary alicyclic amines) is 1. The second-order valence-electron chi connectivity index (χ2n) is 9.04. The molecular formula is C26H23BrClF3N6O. The van der Waals surface area contributed by atoms with E-state index in [0.717, 1.165) is 28.9 Å². The smallest absolute Gasteiger partial charge is 0.370 e. The molecule has 2 aromatic heterocycles. The number of halogens is 5. The maximum atomic E-state index is 13.3. The van der Waals surface area contributed by atoms with Gasteiger partial charge in [-0.15, -0.1) is 0 Å². The predicted octanol–water partition coefficient (Wildman–Crippen LogP) is 7.19. The van der Waals surface area contributed by atoms with Crippen LogP contribution in [0.15, 0.2) is 65.3 Å². The molecular weight excluding hydrogens is 585 g/mol. The molecule has 0 radical (unpaired) electrons. The molecule has 38 heavy (non-hydrogen) atoms. The van der Waals surface area contributed by atoms with E-state index < -0.39 is 17.8 Å².